The van der Waals surface area contributed by atoms with Crippen molar-refractivity contribution in [1.82, 2.24) is 5.32 Å². The molecule has 1 atom stereocenters. The molecule has 1 amide bonds. The van der Waals surface area contributed by atoms with E-state index < -0.39 is 9.84 Å². The van der Waals surface area contributed by atoms with Gasteiger partial charge in [-0.2, -0.15) is 0 Å². The molecule has 0 aliphatic carbocycles. The number of unbranched alkanes of at least 4 members (excludes halogenated alkanes) is 1. The largest absolute Gasteiger partial charge is 0.494 e. The normalized spacial score (nSPS) is 12.4. The van der Waals surface area contributed by atoms with Crippen LogP contribution in [0.2, 0.25) is 0 Å². The molecule has 0 saturated carbocycles. The first kappa shape index (κ1) is 20.0. The zero-order valence-electron chi connectivity index (χ0n) is 15.4. The zero-order valence-corrected chi connectivity index (χ0v) is 16.2. The fraction of sp³-hybridized carbons (Fsp3) is 0.350. The number of hydrogen-bond acceptors (Lipinski definition) is 4. The summed E-state index contributed by atoms with van der Waals surface area (Å²) in [5.74, 6) is 0.559. The molecule has 0 aliphatic rings. The second-order valence-electron chi connectivity index (χ2n) is 6.26. The summed E-state index contributed by atoms with van der Waals surface area (Å²) in [7, 11) is -3.22. The van der Waals surface area contributed by atoms with Crippen molar-refractivity contribution in [2.75, 3.05) is 12.9 Å². The molecule has 2 aromatic carbocycles. The Kier molecular flexibility index (Phi) is 6.80. The predicted molar refractivity (Wildman–Crippen MR) is 102 cm³/mol. The maximum atomic E-state index is 12.4. The van der Waals surface area contributed by atoms with Gasteiger partial charge in [0.1, 0.15) is 5.75 Å². The number of carbonyl (C=O) groups excluding carboxylic acids is 1. The van der Waals surface area contributed by atoms with Crippen LogP contribution in [0.3, 0.4) is 0 Å². The van der Waals surface area contributed by atoms with E-state index in [0.717, 1.165) is 24.2 Å². The average molecular weight is 375 g/mol. The monoisotopic (exact) mass is 375 g/mol. The number of nitrogens with one attached hydrogen (secondary N) is 1. The highest BCUT2D eigenvalue weighted by molar-refractivity contribution is 7.90. The number of ether oxygens (including phenoxy) is 1. The lowest BCUT2D eigenvalue weighted by molar-refractivity contribution is 0.0940. The van der Waals surface area contributed by atoms with Crippen molar-refractivity contribution in [3.05, 3.63) is 59.7 Å². The summed E-state index contributed by atoms with van der Waals surface area (Å²) in [6, 6.07) is 13.3. The summed E-state index contributed by atoms with van der Waals surface area (Å²) in [4.78, 5) is 12.6. The Balaban J connectivity index is 1.98. The molecule has 1 unspecified atom stereocenters. The predicted octanol–water partition coefficient (Wildman–Crippen LogP) is 3.76. The molecule has 0 radical (unpaired) electrons. The maximum Gasteiger partial charge on any atom is 0.251 e. The molecule has 6 heteroatoms. The Morgan fingerprint density at radius 2 is 1.69 bits per heavy atom. The van der Waals surface area contributed by atoms with E-state index >= 15 is 0 Å². The van der Waals surface area contributed by atoms with Gasteiger partial charge in [0.05, 0.1) is 17.5 Å². The topological polar surface area (TPSA) is 72.5 Å². The number of carbonyl (C=O) groups is 1. The summed E-state index contributed by atoms with van der Waals surface area (Å²) < 4.78 is 28.6. The van der Waals surface area contributed by atoms with Gasteiger partial charge in [-0.05, 0) is 55.3 Å². The maximum absolute atomic E-state index is 12.4. The number of sulfone groups is 1. The van der Waals surface area contributed by atoms with Crippen molar-refractivity contribution >= 4 is 15.7 Å². The smallest absolute Gasteiger partial charge is 0.251 e. The Morgan fingerprint density at radius 1 is 1.08 bits per heavy atom. The molecule has 1 N–H and O–H groups in total. The van der Waals surface area contributed by atoms with E-state index in [1.807, 2.05) is 6.92 Å². The quantitative estimate of drug-likeness (QED) is 0.713. The summed E-state index contributed by atoms with van der Waals surface area (Å²) in [6.45, 7) is 4.63. The molecule has 0 aromatic heterocycles. The molecular formula is C20H25NO4S. The summed E-state index contributed by atoms with van der Waals surface area (Å²) >= 11 is 0. The SMILES string of the molecule is CCCCOc1ccc(C(=O)NC(C)c2ccc(S(C)(=O)=O)cc2)cc1. The molecule has 0 saturated heterocycles. The van der Waals surface area contributed by atoms with Crippen LogP contribution in [0, 0.1) is 0 Å². The van der Waals surface area contributed by atoms with Crippen molar-refractivity contribution in [2.45, 2.75) is 37.6 Å². The lowest BCUT2D eigenvalue weighted by atomic mass is 10.1. The first-order valence-corrected chi connectivity index (χ1v) is 10.5. The molecule has 26 heavy (non-hydrogen) atoms. The Bertz CT molecular complexity index is 827. The van der Waals surface area contributed by atoms with E-state index in [0.29, 0.717) is 12.2 Å². The molecular weight excluding hydrogens is 350 g/mol. The van der Waals surface area contributed by atoms with Crippen LogP contribution in [0.4, 0.5) is 0 Å². The number of benzene rings is 2. The molecule has 2 aromatic rings. The Morgan fingerprint density at radius 3 is 2.23 bits per heavy atom. The van der Waals surface area contributed by atoms with Gasteiger partial charge in [-0.1, -0.05) is 25.5 Å². The summed E-state index contributed by atoms with van der Waals surface area (Å²) in [6.07, 6.45) is 3.24. The molecule has 0 spiro atoms. The molecule has 0 heterocycles. The second-order valence-corrected chi connectivity index (χ2v) is 8.28. The fourth-order valence-electron chi connectivity index (χ4n) is 2.40. The van der Waals surface area contributed by atoms with Crippen LogP contribution in [0.5, 0.6) is 5.75 Å². The second kappa shape index (κ2) is 8.85. The number of amides is 1. The standard InChI is InChI=1S/C20H25NO4S/c1-4-5-14-25-18-10-6-17(7-11-18)20(22)21-15(2)16-8-12-19(13-9-16)26(3,23)24/h6-13,15H,4-5,14H2,1-3H3,(H,21,22). The number of rotatable bonds is 8. The molecule has 0 bridgehead atoms. The third-order valence-corrected chi connectivity index (χ3v) is 5.17. The Hall–Kier alpha value is -2.34. The van der Waals surface area contributed by atoms with Crippen LogP contribution >= 0.6 is 0 Å². The van der Waals surface area contributed by atoms with Gasteiger partial charge in [0.15, 0.2) is 9.84 Å². The minimum atomic E-state index is -3.22. The summed E-state index contributed by atoms with van der Waals surface area (Å²) in [5.41, 5.74) is 1.39. The Labute approximate surface area is 155 Å². The van der Waals surface area contributed by atoms with Gasteiger partial charge in [-0.25, -0.2) is 8.42 Å². The van der Waals surface area contributed by atoms with Crippen LogP contribution in [0.1, 0.15) is 48.7 Å². The van der Waals surface area contributed by atoms with Crippen molar-refractivity contribution in [3.8, 4) is 5.75 Å². The first-order chi connectivity index (χ1) is 12.3. The van der Waals surface area contributed by atoms with Gasteiger partial charge < -0.3 is 10.1 Å². The van der Waals surface area contributed by atoms with E-state index in [4.69, 9.17) is 4.74 Å². The number of hydrogen-bond donors (Lipinski definition) is 1. The first-order valence-electron chi connectivity index (χ1n) is 8.65. The van der Waals surface area contributed by atoms with Gasteiger partial charge >= 0.3 is 0 Å². The molecule has 0 aliphatic heterocycles. The molecule has 2 rings (SSSR count). The molecule has 140 valence electrons. The van der Waals surface area contributed by atoms with Crippen LogP contribution < -0.4 is 10.1 Å². The van der Waals surface area contributed by atoms with Crippen molar-refractivity contribution < 1.29 is 17.9 Å². The highest BCUT2D eigenvalue weighted by Gasteiger charge is 2.13. The third kappa shape index (κ3) is 5.59. The van der Waals surface area contributed by atoms with Crippen LogP contribution in [-0.4, -0.2) is 27.2 Å². The fourth-order valence-corrected chi connectivity index (χ4v) is 3.03. The van der Waals surface area contributed by atoms with Crippen LogP contribution in [-0.2, 0) is 9.84 Å². The van der Waals surface area contributed by atoms with Crippen LogP contribution in [0.15, 0.2) is 53.4 Å². The van der Waals surface area contributed by atoms with E-state index in [1.165, 1.54) is 6.26 Å². The lowest BCUT2D eigenvalue weighted by Crippen LogP contribution is -2.26. The third-order valence-electron chi connectivity index (χ3n) is 4.04. The van der Waals surface area contributed by atoms with Crippen molar-refractivity contribution in [1.29, 1.82) is 0 Å². The average Bonchev–Trinajstić information content (AvgIpc) is 2.62. The summed E-state index contributed by atoms with van der Waals surface area (Å²) in [5, 5.41) is 2.91. The van der Waals surface area contributed by atoms with Crippen molar-refractivity contribution in [3.63, 3.8) is 0 Å². The lowest BCUT2D eigenvalue weighted by Gasteiger charge is -2.15. The molecule has 5 nitrogen and oxygen atoms in total. The van der Waals surface area contributed by atoms with E-state index in [9.17, 15) is 13.2 Å². The minimum Gasteiger partial charge on any atom is -0.494 e. The van der Waals surface area contributed by atoms with Crippen LogP contribution in [0.25, 0.3) is 0 Å². The van der Waals surface area contributed by atoms with E-state index in [-0.39, 0.29) is 16.8 Å². The van der Waals surface area contributed by atoms with Gasteiger partial charge in [-0.3, -0.25) is 4.79 Å². The van der Waals surface area contributed by atoms with E-state index in [2.05, 4.69) is 12.2 Å². The van der Waals surface area contributed by atoms with Gasteiger partial charge in [-0.15, -0.1) is 0 Å². The molecule has 0 fully saturated rings. The van der Waals surface area contributed by atoms with Crippen molar-refractivity contribution in [2.24, 2.45) is 0 Å². The van der Waals surface area contributed by atoms with Gasteiger partial charge in [0.25, 0.3) is 5.91 Å². The zero-order chi connectivity index (χ0) is 19.2. The van der Waals surface area contributed by atoms with Gasteiger partial charge in [0.2, 0.25) is 0 Å². The highest BCUT2D eigenvalue weighted by Crippen LogP contribution is 2.18. The highest BCUT2D eigenvalue weighted by atomic mass is 32.2. The van der Waals surface area contributed by atoms with Gasteiger partial charge in [0, 0.05) is 11.8 Å². The minimum absolute atomic E-state index is 0.190. The van der Waals surface area contributed by atoms with E-state index in [1.54, 1.807) is 48.5 Å².